The Bertz CT molecular complexity index is 241. The first-order valence-electron chi connectivity index (χ1n) is 7.41. The maximum atomic E-state index is 2.85. The molecule has 0 spiro atoms. The van der Waals surface area contributed by atoms with Gasteiger partial charge >= 0.3 is 0 Å². The van der Waals surface area contributed by atoms with Gasteiger partial charge in [0.05, 0.1) is 6.17 Å². The Kier molecular flexibility index (Phi) is 3.21. The number of nitrogens with zero attached hydrogens (tertiary/aromatic N) is 2. The average molecular weight is 222 g/mol. The smallest absolute Gasteiger partial charge is 0.0627 e. The lowest BCUT2D eigenvalue weighted by molar-refractivity contribution is -0.0607. The number of hydrogen-bond donors (Lipinski definition) is 0. The summed E-state index contributed by atoms with van der Waals surface area (Å²) in [6.07, 6.45) is 12.4. The Hall–Kier alpha value is -0.0800. The van der Waals surface area contributed by atoms with E-state index < -0.39 is 0 Å². The van der Waals surface area contributed by atoms with Crippen LogP contribution >= 0.6 is 0 Å². The first-order valence-corrected chi connectivity index (χ1v) is 7.41. The molecule has 0 aromatic rings. The highest BCUT2D eigenvalue weighted by atomic mass is 15.4. The number of fused-ring (bicyclic) bond motifs is 3. The average Bonchev–Trinajstić information content (AvgIpc) is 2.79. The van der Waals surface area contributed by atoms with Gasteiger partial charge in [-0.3, -0.25) is 9.80 Å². The molecule has 0 unspecified atom stereocenters. The quantitative estimate of drug-likeness (QED) is 0.709. The molecule has 3 fully saturated rings. The summed E-state index contributed by atoms with van der Waals surface area (Å²) in [6.45, 7) is 5.10. The van der Waals surface area contributed by atoms with E-state index in [1.165, 1.54) is 64.5 Å². The zero-order valence-corrected chi connectivity index (χ0v) is 10.7. The van der Waals surface area contributed by atoms with Crippen molar-refractivity contribution >= 4 is 0 Å². The van der Waals surface area contributed by atoms with Crippen LogP contribution < -0.4 is 0 Å². The van der Waals surface area contributed by atoms with Crippen molar-refractivity contribution in [3.8, 4) is 0 Å². The van der Waals surface area contributed by atoms with Crippen molar-refractivity contribution in [1.82, 2.24) is 9.80 Å². The highest BCUT2D eigenvalue weighted by molar-refractivity contribution is 4.96. The number of piperidine rings is 1. The van der Waals surface area contributed by atoms with Crippen molar-refractivity contribution in [3.63, 3.8) is 0 Å². The molecular formula is C14H26N2. The second-order valence-corrected chi connectivity index (χ2v) is 5.93. The predicted molar refractivity (Wildman–Crippen MR) is 67.4 cm³/mol. The van der Waals surface area contributed by atoms with Crippen LogP contribution in [-0.4, -0.2) is 41.1 Å². The lowest BCUT2D eigenvalue weighted by Gasteiger charge is -2.51. The topological polar surface area (TPSA) is 6.48 Å². The summed E-state index contributed by atoms with van der Waals surface area (Å²) in [5, 5.41) is 0. The van der Waals surface area contributed by atoms with Gasteiger partial charge in [-0.15, -0.1) is 0 Å². The highest BCUT2D eigenvalue weighted by Crippen LogP contribution is 2.37. The zero-order valence-electron chi connectivity index (χ0n) is 10.7. The Morgan fingerprint density at radius 3 is 2.75 bits per heavy atom. The standard InChI is InChI=1S/C14H26N2/c1-2-6-12-11-13-7-3-4-9-15(13)14-8-5-10-16(12)14/h12-14H,2-11H2,1H3/t12-,13-,14+/m1/s1. The minimum Gasteiger partial charge on any atom is -0.285 e. The molecule has 0 aliphatic carbocycles. The van der Waals surface area contributed by atoms with E-state index in [2.05, 4.69) is 16.7 Å². The third kappa shape index (κ3) is 1.80. The molecule has 2 heteroatoms. The third-order valence-electron chi connectivity index (χ3n) is 4.95. The van der Waals surface area contributed by atoms with E-state index in [1.807, 2.05) is 0 Å². The number of hydrogen-bond acceptors (Lipinski definition) is 2. The molecule has 0 bridgehead atoms. The molecule has 2 nitrogen and oxygen atoms in total. The van der Waals surface area contributed by atoms with Crippen LogP contribution in [0.2, 0.25) is 0 Å². The Labute approximate surface area is 100.0 Å². The van der Waals surface area contributed by atoms with Gasteiger partial charge in [-0.2, -0.15) is 0 Å². The van der Waals surface area contributed by atoms with Crippen LogP contribution in [0.1, 0.15) is 58.3 Å². The van der Waals surface area contributed by atoms with E-state index in [0.29, 0.717) is 0 Å². The van der Waals surface area contributed by atoms with Crippen LogP contribution in [0.4, 0.5) is 0 Å². The minimum absolute atomic E-state index is 0.829. The summed E-state index contributed by atoms with van der Waals surface area (Å²) in [5.41, 5.74) is 0. The molecule has 0 saturated carbocycles. The van der Waals surface area contributed by atoms with Crippen molar-refractivity contribution in [2.24, 2.45) is 0 Å². The second-order valence-electron chi connectivity index (χ2n) is 5.93. The van der Waals surface area contributed by atoms with Gasteiger partial charge in [0, 0.05) is 18.6 Å². The summed E-state index contributed by atoms with van der Waals surface area (Å²) in [5.74, 6) is 0. The molecule has 3 aliphatic rings. The zero-order chi connectivity index (χ0) is 11.0. The van der Waals surface area contributed by atoms with Crippen LogP contribution in [0.5, 0.6) is 0 Å². The first kappa shape index (κ1) is 11.0. The van der Waals surface area contributed by atoms with Crippen molar-refractivity contribution in [3.05, 3.63) is 0 Å². The van der Waals surface area contributed by atoms with Crippen molar-refractivity contribution in [2.75, 3.05) is 13.1 Å². The molecule has 0 aromatic carbocycles. The minimum atomic E-state index is 0.829. The van der Waals surface area contributed by atoms with Gasteiger partial charge in [0.2, 0.25) is 0 Å². The number of rotatable bonds is 2. The van der Waals surface area contributed by atoms with Gasteiger partial charge in [0.1, 0.15) is 0 Å². The van der Waals surface area contributed by atoms with Crippen molar-refractivity contribution in [1.29, 1.82) is 0 Å². The van der Waals surface area contributed by atoms with E-state index in [4.69, 9.17) is 0 Å². The van der Waals surface area contributed by atoms with Gasteiger partial charge in [-0.1, -0.05) is 19.8 Å². The summed E-state index contributed by atoms with van der Waals surface area (Å²) in [7, 11) is 0. The fourth-order valence-corrected chi connectivity index (χ4v) is 4.29. The lowest BCUT2D eigenvalue weighted by atomic mass is 9.89. The van der Waals surface area contributed by atoms with Crippen LogP contribution in [0, 0.1) is 0 Å². The molecule has 3 heterocycles. The first-order chi connectivity index (χ1) is 7.90. The Balaban J connectivity index is 1.75. The second kappa shape index (κ2) is 4.66. The fourth-order valence-electron chi connectivity index (χ4n) is 4.29. The summed E-state index contributed by atoms with van der Waals surface area (Å²) in [4.78, 5) is 5.69. The van der Waals surface area contributed by atoms with Gasteiger partial charge in [0.15, 0.2) is 0 Å². The molecular weight excluding hydrogens is 196 g/mol. The van der Waals surface area contributed by atoms with Crippen LogP contribution in [-0.2, 0) is 0 Å². The van der Waals surface area contributed by atoms with E-state index in [0.717, 1.165) is 18.2 Å². The van der Waals surface area contributed by atoms with E-state index in [9.17, 15) is 0 Å². The van der Waals surface area contributed by atoms with Crippen molar-refractivity contribution < 1.29 is 0 Å². The molecule has 0 amide bonds. The molecule has 3 rings (SSSR count). The van der Waals surface area contributed by atoms with Crippen molar-refractivity contribution in [2.45, 2.75) is 76.5 Å². The van der Waals surface area contributed by atoms with Crippen LogP contribution in [0.3, 0.4) is 0 Å². The van der Waals surface area contributed by atoms with Crippen LogP contribution in [0.25, 0.3) is 0 Å². The Morgan fingerprint density at radius 2 is 1.88 bits per heavy atom. The summed E-state index contributed by atoms with van der Waals surface area (Å²) < 4.78 is 0. The molecule has 0 aromatic heterocycles. The van der Waals surface area contributed by atoms with Gasteiger partial charge in [0.25, 0.3) is 0 Å². The Morgan fingerprint density at radius 1 is 1.00 bits per heavy atom. The summed E-state index contributed by atoms with van der Waals surface area (Å²) in [6, 6.07) is 1.85. The van der Waals surface area contributed by atoms with Gasteiger partial charge < -0.3 is 0 Å². The molecule has 16 heavy (non-hydrogen) atoms. The molecule has 0 radical (unpaired) electrons. The maximum absolute atomic E-state index is 2.85. The van der Waals surface area contributed by atoms with Gasteiger partial charge in [-0.05, 0) is 45.1 Å². The molecule has 0 N–H and O–H groups in total. The van der Waals surface area contributed by atoms with E-state index >= 15 is 0 Å². The largest absolute Gasteiger partial charge is 0.285 e. The molecule has 3 saturated heterocycles. The SMILES string of the molecule is CCC[C@@H]1C[C@H]2CCCCN2[C@@H]2CCCN12. The molecule has 92 valence electrons. The monoisotopic (exact) mass is 222 g/mol. The fraction of sp³-hybridized carbons (Fsp3) is 1.00. The normalized spacial score (nSPS) is 40.7. The maximum Gasteiger partial charge on any atom is 0.0627 e. The van der Waals surface area contributed by atoms with Gasteiger partial charge in [-0.25, -0.2) is 0 Å². The third-order valence-corrected chi connectivity index (χ3v) is 4.95. The van der Waals surface area contributed by atoms with E-state index in [1.54, 1.807) is 0 Å². The lowest BCUT2D eigenvalue weighted by Crippen LogP contribution is -2.60. The van der Waals surface area contributed by atoms with E-state index in [-0.39, 0.29) is 0 Å². The molecule has 3 atom stereocenters. The molecule has 3 aliphatic heterocycles. The summed E-state index contributed by atoms with van der Waals surface area (Å²) >= 11 is 0. The highest BCUT2D eigenvalue weighted by Gasteiger charge is 2.43. The van der Waals surface area contributed by atoms with Crippen LogP contribution in [0.15, 0.2) is 0 Å². The predicted octanol–water partition coefficient (Wildman–Crippen LogP) is 2.84.